The van der Waals surface area contributed by atoms with Crippen molar-refractivity contribution in [2.24, 2.45) is 5.84 Å². The highest BCUT2D eigenvalue weighted by molar-refractivity contribution is 5.40. The molecule has 0 spiro atoms. The van der Waals surface area contributed by atoms with Crippen LogP contribution in [0.4, 0.5) is 10.2 Å². The van der Waals surface area contributed by atoms with Gasteiger partial charge >= 0.3 is 0 Å². The third-order valence-corrected chi connectivity index (χ3v) is 3.08. The second-order valence-corrected chi connectivity index (χ2v) is 4.50. The quantitative estimate of drug-likeness (QED) is 0.579. The normalized spacial score (nSPS) is 12.4. The van der Waals surface area contributed by atoms with Crippen LogP contribution in [0.15, 0.2) is 36.5 Å². The number of hydrazine groups is 1. The van der Waals surface area contributed by atoms with Crippen molar-refractivity contribution in [3.05, 3.63) is 59.0 Å². The standard InChI is InChI=1S/C14H17FN4/c1-9-4-5-12(15)11(7-9)13(19-17)8-10-3-2-6-18-14(10)16/h2-7,13,19H,8,17H2,1H3,(H2,16,18). The minimum atomic E-state index is -0.341. The molecule has 2 rings (SSSR count). The van der Waals surface area contributed by atoms with Gasteiger partial charge < -0.3 is 5.73 Å². The SMILES string of the molecule is Cc1ccc(F)c(C(Cc2cccnc2N)NN)c1. The molecule has 0 bridgehead atoms. The Bertz CT molecular complexity index is 571. The predicted molar refractivity (Wildman–Crippen MR) is 73.6 cm³/mol. The maximum atomic E-state index is 13.9. The number of nitrogens with one attached hydrogen (secondary N) is 1. The van der Waals surface area contributed by atoms with E-state index in [0.717, 1.165) is 11.1 Å². The zero-order valence-corrected chi connectivity index (χ0v) is 10.7. The molecule has 1 aromatic heterocycles. The zero-order chi connectivity index (χ0) is 13.8. The molecule has 1 atom stereocenters. The van der Waals surface area contributed by atoms with Crippen LogP contribution in [0.1, 0.15) is 22.7 Å². The number of benzene rings is 1. The lowest BCUT2D eigenvalue weighted by molar-refractivity contribution is 0.510. The Kier molecular flexibility index (Phi) is 4.09. The van der Waals surface area contributed by atoms with E-state index in [1.165, 1.54) is 6.07 Å². The number of nitrogens with zero attached hydrogens (tertiary/aromatic N) is 1. The van der Waals surface area contributed by atoms with Crippen LogP contribution in [0.2, 0.25) is 0 Å². The molecule has 1 aromatic carbocycles. The van der Waals surface area contributed by atoms with Gasteiger partial charge in [0, 0.05) is 11.8 Å². The minimum Gasteiger partial charge on any atom is -0.383 e. The second-order valence-electron chi connectivity index (χ2n) is 4.50. The summed E-state index contributed by atoms with van der Waals surface area (Å²) in [5, 5.41) is 0. The molecular weight excluding hydrogens is 243 g/mol. The van der Waals surface area contributed by atoms with Crippen LogP contribution in [0.3, 0.4) is 0 Å². The number of nitrogen functional groups attached to an aromatic ring is 1. The minimum absolute atomic E-state index is 0.281. The number of nitrogens with two attached hydrogens (primary N) is 2. The third-order valence-electron chi connectivity index (χ3n) is 3.08. The number of pyridine rings is 1. The van der Waals surface area contributed by atoms with Gasteiger partial charge in [-0.05, 0) is 31.0 Å². The molecule has 0 amide bonds. The number of halogens is 1. The van der Waals surface area contributed by atoms with Crippen LogP contribution in [0.25, 0.3) is 0 Å². The lowest BCUT2D eigenvalue weighted by Crippen LogP contribution is -2.30. The molecule has 0 saturated heterocycles. The highest BCUT2D eigenvalue weighted by atomic mass is 19.1. The molecule has 0 saturated carbocycles. The smallest absolute Gasteiger partial charge is 0.128 e. The Morgan fingerprint density at radius 2 is 2.16 bits per heavy atom. The Morgan fingerprint density at radius 3 is 2.84 bits per heavy atom. The topological polar surface area (TPSA) is 77.0 Å². The summed E-state index contributed by atoms with van der Waals surface area (Å²) in [6, 6.07) is 8.27. The van der Waals surface area contributed by atoms with Gasteiger partial charge in [-0.15, -0.1) is 0 Å². The van der Waals surface area contributed by atoms with E-state index in [1.54, 1.807) is 24.4 Å². The third kappa shape index (κ3) is 3.07. The van der Waals surface area contributed by atoms with Crippen LogP contribution in [-0.2, 0) is 6.42 Å². The monoisotopic (exact) mass is 260 g/mol. The van der Waals surface area contributed by atoms with Gasteiger partial charge in [0.2, 0.25) is 0 Å². The first-order valence-electron chi connectivity index (χ1n) is 6.03. The van der Waals surface area contributed by atoms with Crippen molar-refractivity contribution in [1.29, 1.82) is 0 Å². The fourth-order valence-electron chi connectivity index (χ4n) is 2.03. The van der Waals surface area contributed by atoms with Gasteiger partial charge in [-0.3, -0.25) is 11.3 Å². The van der Waals surface area contributed by atoms with Crippen molar-refractivity contribution in [2.75, 3.05) is 5.73 Å². The molecular formula is C14H17FN4. The zero-order valence-electron chi connectivity index (χ0n) is 10.7. The number of rotatable bonds is 4. The number of hydrogen-bond donors (Lipinski definition) is 3. The lowest BCUT2D eigenvalue weighted by Gasteiger charge is -2.18. The first-order valence-corrected chi connectivity index (χ1v) is 6.03. The van der Waals surface area contributed by atoms with Gasteiger partial charge in [-0.2, -0.15) is 0 Å². The molecule has 1 heterocycles. The van der Waals surface area contributed by atoms with Crippen molar-refractivity contribution in [2.45, 2.75) is 19.4 Å². The fourth-order valence-corrected chi connectivity index (χ4v) is 2.03. The largest absolute Gasteiger partial charge is 0.383 e. The van der Waals surface area contributed by atoms with E-state index < -0.39 is 0 Å². The van der Waals surface area contributed by atoms with Crippen molar-refractivity contribution in [1.82, 2.24) is 10.4 Å². The summed E-state index contributed by atoms with van der Waals surface area (Å²) in [4.78, 5) is 4.02. The fraction of sp³-hybridized carbons (Fsp3) is 0.214. The average Bonchev–Trinajstić information content (AvgIpc) is 2.41. The Labute approximate surface area is 111 Å². The average molecular weight is 260 g/mol. The Balaban J connectivity index is 2.30. The summed E-state index contributed by atoms with van der Waals surface area (Å²) in [6.45, 7) is 1.91. The highest BCUT2D eigenvalue weighted by Crippen LogP contribution is 2.23. The number of anilines is 1. The molecule has 0 radical (unpaired) electrons. The van der Waals surface area contributed by atoms with Crippen LogP contribution in [0, 0.1) is 12.7 Å². The summed E-state index contributed by atoms with van der Waals surface area (Å²) in [5.74, 6) is 5.70. The summed E-state index contributed by atoms with van der Waals surface area (Å²) in [7, 11) is 0. The lowest BCUT2D eigenvalue weighted by atomic mass is 9.98. The van der Waals surface area contributed by atoms with Crippen LogP contribution in [-0.4, -0.2) is 4.98 Å². The van der Waals surface area contributed by atoms with Crippen LogP contribution >= 0.6 is 0 Å². The molecule has 5 heteroatoms. The maximum Gasteiger partial charge on any atom is 0.128 e. The summed E-state index contributed by atoms with van der Waals surface area (Å²) < 4.78 is 13.9. The maximum absolute atomic E-state index is 13.9. The van der Waals surface area contributed by atoms with Gasteiger partial charge in [0.05, 0.1) is 6.04 Å². The van der Waals surface area contributed by atoms with E-state index in [4.69, 9.17) is 11.6 Å². The molecule has 0 aliphatic heterocycles. The van der Waals surface area contributed by atoms with Gasteiger partial charge in [-0.25, -0.2) is 9.37 Å². The molecule has 0 fully saturated rings. The molecule has 19 heavy (non-hydrogen) atoms. The molecule has 5 N–H and O–H groups in total. The molecule has 0 aliphatic rings. The van der Waals surface area contributed by atoms with Gasteiger partial charge in [0.25, 0.3) is 0 Å². The van der Waals surface area contributed by atoms with Crippen molar-refractivity contribution >= 4 is 5.82 Å². The molecule has 0 aliphatic carbocycles. The number of aromatic nitrogens is 1. The van der Waals surface area contributed by atoms with Gasteiger partial charge in [0.15, 0.2) is 0 Å². The van der Waals surface area contributed by atoms with E-state index >= 15 is 0 Å². The van der Waals surface area contributed by atoms with E-state index in [9.17, 15) is 4.39 Å². The first-order chi connectivity index (χ1) is 9.11. The van der Waals surface area contributed by atoms with E-state index in [2.05, 4.69) is 10.4 Å². The summed E-state index contributed by atoms with van der Waals surface area (Å²) in [6.07, 6.45) is 2.10. The predicted octanol–water partition coefficient (Wildman–Crippen LogP) is 1.86. The van der Waals surface area contributed by atoms with Crippen molar-refractivity contribution < 1.29 is 4.39 Å². The van der Waals surface area contributed by atoms with Crippen LogP contribution < -0.4 is 17.0 Å². The van der Waals surface area contributed by atoms with E-state index in [0.29, 0.717) is 17.8 Å². The summed E-state index contributed by atoms with van der Waals surface area (Å²) >= 11 is 0. The number of hydrogen-bond acceptors (Lipinski definition) is 4. The van der Waals surface area contributed by atoms with E-state index in [1.807, 2.05) is 13.0 Å². The molecule has 2 aromatic rings. The van der Waals surface area contributed by atoms with E-state index in [-0.39, 0.29) is 11.9 Å². The first kappa shape index (κ1) is 13.5. The molecule has 100 valence electrons. The molecule has 4 nitrogen and oxygen atoms in total. The van der Waals surface area contributed by atoms with Crippen LogP contribution in [0.5, 0.6) is 0 Å². The Morgan fingerprint density at radius 1 is 1.37 bits per heavy atom. The van der Waals surface area contributed by atoms with Gasteiger partial charge in [0.1, 0.15) is 11.6 Å². The van der Waals surface area contributed by atoms with Crippen molar-refractivity contribution in [3.8, 4) is 0 Å². The molecule has 1 unspecified atom stereocenters. The highest BCUT2D eigenvalue weighted by Gasteiger charge is 2.16. The van der Waals surface area contributed by atoms with Crippen molar-refractivity contribution in [3.63, 3.8) is 0 Å². The Hall–Kier alpha value is -1.98. The number of aryl methyl sites for hydroxylation is 1. The van der Waals surface area contributed by atoms with Gasteiger partial charge in [-0.1, -0.05) is 23.8 Å². The summed E-state index contributed by atoms with van der Waals surface area (Å²) in [5.41, 5.74) is 10.8. The second kappa shape index (κ2) is 5.77.